The van der Waals surface area contributed by atoms with Crippen LogP contribution in [-0.4, -0.2) is 54.7 Å². The molecule has 0 radical (unpaired) electrons. The van der Waals surface area contributed by atoms with E-state index in [9.17, 15) is 13.2 Å². The van der Waals surface area contributed by atoms with Crippen LogP contribution in [0, 0.1) is 0 Å². The van der Waals surface area contributed by atoms with Gasteiger partial charge in [0, 0.05) is 32.4 Å². The maximum atomic E-state index is 13.0. The van der Waals surface area contributed by atoms with Gasteiger partial charge in [0.15, 0.2) is 0 Å². The maximum Gasteiger partial charge on any atom is 0.255 e. The van der Waals surface area contributed by atoms with Crippen molar-refractivity contribution in [3.05, 3.63) is 58.4 Å². The molecule has 2 aliphatic rings. The first-order chi connectivity index (χ1) is 12.9. The number of hydrogen-bond donors (Lipinski definition) is 0. The van der Waals surface area contributed by atoms with Gasteiger partial charge < -0.3 is 4.90 Å². The summed E-state index contributed by atoms with van der Waals surface area (Å²) in [5, 5.41) is 0.330. The summed E-state index contributed by atoms with van der Waals surface area (Å²) in [6, 6.07) is 8.65. The quantitative estimate of drug-likeness (QED) is 0.735. The monoisotopic (exact) mass is 405 g/mol. The summed E-state index contributed by atoms with van der Waals surface area (Å²) in [5.74, 6) is -0.159. The zero-order valence-corrected chi connectivity index (χ0v) is 16.3. The minimum absolute atomic E-state index is 0.159. The van der Waals surface area contributed by atoms with E-state index in [4.69, 9.17) is 11.6 Å². The lowest BCUT2D eigenvalue weighted by atomic mass is 10.1. The Morgan fingerprint density at radius 2 is 1.74 bits per heavy atom. The molecule has 1 aromatic carbocycles. The Labute approximate surface area is 163 Å². The second-order valence-corrected chi connectivity index (χ2v) is 9.18. The largest absolute Gasteiger partial charge is 0.336 e. The van der Waals surface area contributed by atoms with Crippen LogP contribution in [0.4, 0.5) is 0 Å². The van der Waals surface area contributed by atoms with Gasteiger partial charge in [0.05, 0.1) is 10.5 Å². The van der Waals surface area contributed by atoms with Crippen LogP contribution in [0.25, 0.3) is 0 Å². The third kappa shape index (κ3) is 3.59. The van der Waals surface area contributed by atoms with Gasteiger partial charge in [-0.05, 0) is 54.7 Å². The average molecular weight is 406 g/mol. The molecule has 2 aromatic rings. The lowest BCUT2D eigenvalue weighted by Gasteiger charge is -2.34. The van der Waals surface area contributed by atoms with Crippen molar-refractivity contribution in [2.45, 2.75) is 24.2 Å². The third-order valence-electron chi connectivity index (χ3n) is 5.21. The Morgan fingerprint density at radius 1 is 1.00 bits per heavy atom. The van der Waals surface area contributed by atoms with Gasteiger partial charge >= 0.3 is 0 Å². The van der Waals surface area contributed by atoms with E-state index >= 15 is 0 Å². The zero-order chi connectivity index (χ0) is 19.0. The van der Waals surface area contributed by atoms with Crippen molar-refractivity contribution in [1.82, 2.24) is 14.2 Å². The second-order valence-electron chi connectivity index (χ2n) is 6.85. The minimum Gasteiger partial charge on any atom is -0.336 e. The molecule has 8 heteroatoms. The first-order valence-electron chi connectivity index (χ1n) is 8.98. The minimum atomic E-state index is -3.54. The molecule has 2 heterocycles. The van der Waals surface area contributed by atoms with Crippen LogP contribution < -0.4 is 0 Å². The fourth-order valence-corrected chi connectivity index (χ4v) is 5.26. The molecule has 0 unspecified atom stereocenters. The third-order valence-corrected chi connectivity index (χ3v) is 7.33. The van der Waals surface area contributed by atoms with Crippen LogP contribution in [0.1, 0.15) is 27.9 Å². The molecule has 0 saturated carbocycles. The van der Waals surface area contributed by atoms with E-state index < -0.39 is 10.0 Å². The van der Waals surface area contributed by atoms with Gasteiger partial charge in [0.25, 0.3) is 5.91 Å². The van der Waals surface area contributed by atoms with Crippen LogP contribution in [0.15, 0.2) is 41.4 Å². The average Bonchev–Trinajstić information content (AvgIpc) is 3.16. The van der Waals surface area contributed by atoms with E-state index in [0.717, 1.165) is 24.8 Å². The predicted molar refractivity (Wildman–Crippen MR) is 102 cm³/mol. The highest BCUT2D eigenvalue weighted by atomic mass is 35.5. The van der Waals surface area contributed by atoms with Gasteiger partial charge in [-0.15, -0.1) is 0 Å². The fourth-order valence-electron chi connectivity index (χ4n) is 3.67. The summed E-state index contributed by atoms with van der Waals surface area (Å²) in [7, 11) is -3.54. The summed E-state index contributed by atoms with van der Waals surface area (Å²) in [4.78, 5) is 18.5. The van der Waals surface area contributed by atoms with E-state index in [0.29, 0.717) is 28.7 Å². The van der Waals surface area contributed by atoms with Crippen LogP contribution >= 0.6 is 11.6 Å². The maximum absolute atomic E-state index is 13.0. The summed E-state index contributed by atoms with van der Waals surface area (Å²) in [6.07, 6.45) is 4.49. The molecule has 0 atom stereocenters. The van der Waals surface area contributed by atoms with E-state index in [1.165, 1.54) is 16.1 Å². The van der Waals surface area contributed by atoms with E-state index in [1.54, 1.807) is 23.1 Å². The Bertz CT molecular complexity index is 968. The molecule has 1 fully saturated rings. The topological polar surface area (TPSA) is 70.6 Å². The number of carbonyl (C=O) groups is 1. The van der Waals surface area contributed by atoms with Crippen molar-refractivity contribution >= 4 is 27.5 Å². The number of rotatable bonds is 3. The SMILES string of the molecule is O=C(c1ccc(Cl)nc1)N1CCN(S(=O)(=O)c2ccc3c(c2)CCC3)CC1. The Kier molecular flexibility index (Phi) is 4.92. The molecule has 6 nitrogen and oxygen atoms in total. The molecule has 1 aromatic heterocycles. The van der Waals surface area contributed by atoms with Crippen molar-refractivity contribution in [2.24, 2.45) is 0 Å². The fraction of sp³-hybridized carbons (Fsp3) is 0.368. The van der Waals surface area contributed by atoms with Gasteiger partial charge in [-0.25, -0.2) is 13.4 Å². The number of carbonyl (C=O) groups excluding carboxylic acids is 1. The van der Waals surface area contributed by atoms with Gasteiger partial charge in [0.1, 0.15) is 5.15 Å². The lowest BCUT2D eigenvalue weighted by molar-refractivity contribution is 0.0697. The summed E-state index contributed by atoms with van der Waals surface area (Å²) in [6.45, 7) is 1.27. The first-order valence-corrected chi connectivity index (χ1v) is 10.8. The molecule has 0 spiro atoms. The molecular formula is C19H20ClN3O3S. The molecule has 4 rings (SSSR count). The smallest absolute Gasteiger partial charge is 0.255 e. The van der Waals surface area contributed by atoms with Crippen LogP contribution in [0.2, 0.25) is 5.15 Å². The number of fused-ring (bicyclic) bond motifs is 1. The summed E-state index contributed by atoms with van der Waals surface area (Å²) < 4.78 is 27.4. The standard InChI is InChI=1S/C19H20ClN3O3S/c20-18-7-5-16(13-21-18)19(24)22-8-10-23(11-9-22)27(25,26)17-6-4-14-2-1-3-15(14)12-17/h4-7,12-13H,1-3,8-11H2. The van der Waals surface area contributed by atoms with Crippen molar-refractivity contribution in [3.8, 4) is 0 Å². The van der Waals surface area contributed by atoms with E-state index in [-0.39, 0.29) is 19.0 Å². The number of halogens is 1. The van der Waals surface area contributed by atoms with Crippen LogP contribution in [-0.2, 0) is 22.9 Å². The van der Waals surface area contributed by atoms with Gasteiger partial charge in [0.2, 0.25) is 10.0 Å². The number of sulfonamides is 1. The number of piperazine rings is 1. The van der Waals surface area contributed by atoms with Crippen molar-refractivity contribution in [2.75, 3.05) is 26.2 Å². The molecule has 142 valence electrons. The van der Waals surface area contributed by atoms with Gasteiger partial charge in [-0.1, -0.05) is 17.7 Å². The number of aryl methyl sites for hydroxylation is 2. The molecule has 0 bridgehead atoms. The Balaban J connectivity index is 1.45. The predicted octanol–water partition coefficient (Wildman–Crippen LogP) is 2.37. The number of pyridine rings is 1. The van der Waals surface area contributed by atoms with Crippen molar-refractivity contribution in [3.63, 3.8) is 0 Å². The summed E-state index contributed by atoms with van der Waals surface area (Å²) in [5.41, 5.74) is 2.84. The second kappa shape index (κ2) is 7.22. The molecule has 1 saturated heterocycles. The molecule has 1 aliphatic carbocycles. The first kappa shape index (κ1) is 18.4. The normalized spacial score (nSPS) is 17.7. The number of aromatic nitrogens is 1. The summed E-state index contributed by atoms with van der Waals surface area (Å²) >= 11 is 5.76. The Morgan fingerprint density at radius 3 is 2.44 bits per heavy atom. The van der Waals surface area contributed by atoms with Crippen LogP contribution in [0.3, 0.4) is 0 Å². The Hall–Kier alpha value is -1.96. The lowest BCUT2D eigenvalue weighted by Crippen LogP contribution is -2.50. The van der Waals surface area contributed by atoms with Crippen molar-refractivity contribution < 1.29 is 13.2 Å². The number of benzene rings is 1. The molecule has 1 aliphatic heterocycles. The number of amides is 1. The van der Waals surface area contributed by atoms with Crippen LogP contribution in [0.5, 0.6) is 0 Å². The highest BCUT2D eigenvalue weighted by molar-refractivity contribution is 7.89. The molecule has 1 amide bonds. The molecular weight excluding hydrogens is 386 g/mol. The van der Waals surface area contributed by atoms with Gasteiger partial charge in [-0.2, -0.15) is 4.31 Å². The number of nitrogens with zero attached hydrogens (tertiary/aromatic N) is 3. The molecule has 0 N–H and O–H groups in total. The highest BCUT2D eigenvalue weighted by Crippen LogP contribution is 2.27. The highest BCUT2D eigenvalue weighted by Gasteiger charge is 2.31. The number of hydrogen-bond acceptors (Lipinski definition) is 4. The zero-order valence-electron chi connectivity index (χ0n) is 14.8. The van der Waals surface area contributed by atoms with Crippen molar-refractivity contribution in [1.29, 1.82) is 0 Å². The van der Waals surface area contributed by atoms with E-state index in [2.05, 4.69) is 4.98 Å². The van der Waals surface area contributed by atoms with E-state index in [1.807, 2.05) is 12.1 Å². The van der Waals surface area contributed by atoms with Gasteiger partial charge in [-0.3, -0.25) is 4.79 Å². The molecule has 27 heavy (non-hydrogen) atoms.